The van der Waals surface area contributed by atoms with Gasteiger partial charge in [0.25, 0.3) is 0 Å². The predicted molar refractivity (Wildman–Crippen MR) is 40.2 cm³/mol. The zero-order chi connectivity index (χ0) is 7.28. The van der Waals surface area contributed by atoms with Gasteiger partial charge in [0.1, 0.15) is 0 Å². The van der Waals surface area contributed by atoms with Crippen molar-refractivity contribution in [3.63, 3.8) is 0 Å². The van der Waals surface area contributed by atoms with Crippen molar-refractivity contribution < 1.29 is 4.74 Å². The van der Waals surface area contributed by atoms with Crippen molar-refractivity contribution in [3.8, 4) is 0 Å². The highest BCUT2D eigenvalue weighted by molar-refractivity contribution is 4.56. The maximum Gasteiger partial charge on any atom is 0.0573 e. The second-order valence-corrected chi connectivity index (χ2v) is 2.76. The van der Waals surface area contributed by atoms with E-state index < -0.39 is 0 Å². The van der Waals surface area contributed by atoms with Crippen molar-refractivity contribution in [1.82, 2.24) is 0 Å². The van der Waals surface area contributed by atoms with Crippen molar-refractivity contribution in [2.45, 2.75) is 33.3 Å². The molecular weight excluding hydrogens is 112 g/mol. The first-order valence-corrected chi connectivity index (χ1v) is 3.61. The lowest BCUT2D eigenvalue weighted by molar-refractivity contribution is 0.0613. The summed E-state index contributed by atoms with van der Waals surface area (Å²) < 4.78 is 5.34. The standard InChI is InChI=1S/C8H17O/c1-5-8(4)9-6-7(2)3/h7-8H,4-6H2,1-3H3. The molecule has 0 spiro atoms. The molecule has 1 unspecified atom stereocenters. The molecule has 0 aliphatic heterocycles. The van der Waals surface area contributed by atoms with Crippen LogP contribution in [-0.4, -0.2) is 12.7 Å². The highest BCUT2D eigenvalue weighted by atomic mass is 16.5. The minimum Gasteiger partial charge on any atom is -0.378 e. The van der Waals surface area contributed by atoms with Gasteiger partial charge in [-0.2, -0.15) is 0 Å². The summed E-state index contributed by atoms with van der Waals surface area (Å²) in [5.41, 5.74) is 0. The third kappa shape index (κ3) is 5.84. The summed E-state index contributed by atoms with van der Waals surface area (Å²) in [6, 6.07) is 0. The molecule has 0 aliphatic rings. The van der Waals surface area contributed by atoms with Gasteiger partial charge in [-0.15, -0.1) is 0 Å². The molecule has 0 aromatic rings. The number of hydrogen-bond donors (Lipinski definition) is 0. The molecule has 0 aliphatic carbocycles. The first-order chi connectivity index (χ1) is 4.16. The van der Waals surface area contributed by atoms with Crippen LogP contribution in [0, 0.1) is 12.8 Å². The van der Waals surface area contributed by atoms with Crippen molar-refractivity contribution in [1.29, 1.82) is 0 Å². The molecule has 0 bridgehead atoms. The van der Waals surface area contributed by atoms with Gasteiger partial charge >= 0.3 is 0 Å². The Morgan fingerprint density at radius 3 is 2.33 bits per heavy atom. The summed E-state index contributed by atoms with van der Waals surface area (Å²) in [5.74, 6) is 0.626. The van der Waals surface area contributed by atoms with Crippen LogP contribution in [-0.2, 0) is 4.74 Å². The molecular formula is C8H17O. The molecule has 55 valence electrons. The van der Waals surface area contributed by atoms with Crippen molar-refractivity contribution in [2.24, 2.45) is 5.92 Å². The summed E-state index contributed by atoms with van der Waals surface area (Å²) in [6.07, 6.45) is 1.19. The fourth-order valence-corrected chi connectivity index (χ4v) is 0.446. The van der Waals surface area contributed by atoms with Gasteiger partial charge < -0.3 is 4.74 Å². The molecule has 0 aromatic heterocycles. The van der Waals surface area contributed by atoms with Gasteiger partial charge in [0.15, 0.2) is 0 Å². The van der Waals surface area contributed by atoms with E-state index >= 15 is 0 Å². The molecule has 0 N–H and O–H groups in total. The van der Waals surface area contributed by atoms with E-state index in [9.17, 15) is 0 Å². The van der Waals surface area contributed by atoms with Crippen LogP contribution in [0.5, 0.6) is 0 Å². The van der Waals surface area contributed by atoms with E-state index in [1.165, 1.54) is 0 Å². The fraction of sp³-hybridized carbons (Fsp3) is 0.875. The van der Waals surface area contributed by atoms with E-state index in [4.69, 9.17) is 4.74 Å². The molecule has 0 amide bonds. The average Bonchev–Trinajstić information content (AvgIpc) is 1.83. The third-order valence-corrected chi connectivity index (χ3v) is 1.12. The molecule has 0 fully saturated rings. The SMILES string of the molecule is [CH2]C(CC)OCC(C)C. The summed E-state index contributed by atoms with van der Waals surface area (Å²) in [4.78, 5) is 0. The second-order valence-electron chi connectivity index (χ2n) is 2.76. The number of hydrogen-bond acceptors (Lipinski definition) is 1. The highest BCUT2D eigenvalue weighted by Gasteiger charge is 1.98. The van der Waals surface area contributed by atoms with Gasteiger partial charge in [0.05, 0.1) is 6.10 Å². The van der Waals surface area contributed by atoms with Crippen molar-refractivity contribution in [3.05, 3.63) is 6.92 Å². The zero-order valence-corrected chi connectivity index (χ0v) is 6.68. The lowest BCUT2D eigenvalue weighted by Gasteiger charge is -2.11. The van der Waals surface area contributed by atoms with E-state index in [1.807, 2.05) is 0 Å². The smallest absolute Gasteiger partial charge is 0.0573 e. The molecule has 1 radical (unpaired) electrons. The third-order valence-electron chi connectivity index (χ3n) is 1.12. The number of rotatable bonds is 4. The lowest BCUT2D eigenvalue weighted by atomic mass is 10.2. The molecule has 9 heavy (non-hydrogen) atoms. The molecule has 0 heterocycles. The lowest BCUT2D eigenvalue weighted by Crippen LogP contribution is -2.11. The van der Waals surface area contributed by atoms with E-state index in [2.05, 4.69) is 27.7 Å². The Labute approximate surface area is 58.4 Å². The minimum absolute atomic E-state index is 0.187. The van der Waals surface area contributed by atoms with Crippen LogP contribution in [0.15, 0.2) is 0 Å². The molecule has 1 nitrogen and oxygen atoms in total. The fourth-order valence-electron chi connectivity index (χ4n) is 0.446. The van der Waals surface area contributed by atoms with Gasteiger partial charge in [-0.1, -0.05) is 20.8 Å². The van der Waals surface area contributed by atoms with Gasteiger partial charge in [0.2, 0.25) is 0 Å². The van der Waals surface area contributed by atoms with Crippen LogP contribution in [0.4, 0.5) is 0 Å². The predicted octanol–water partition coefficient (Wildman–Crippen LogP) is 2.27. The van der Waals surface area contributed by atoms with Gasteiger partial charge in [-0.05, 0) is 19.3 Å². The Bertz CT molecular complexity index is 59.6. The Morgan fingerprint density at radius 2 is 2.00 bits per heavy atom. The Kier molecular flexibility index (Phi) is 4.78. The van der Waals surface area contributed by atoms with Crippen LogP contribution in [0.3, 0.4) is 0 Å². The van der Waals surface area contributed by atoms with E-state index in [-0.39, 0.29) is 6.10 Å². The summed E-state index contributed by atoms with van der Waals surface area (Å²) >= 11 is 0. The normalized spacial score (nSPS) is 14.3. The first-order valence-electron chi connectivity index (χ1n) is 3.61. The van der Waals surface area contributed by atoms with Crippen LogP contribution in [0.25, 0.3) is 0 Å². The summed E-state index contributed by atoms with van der Waals surface area (Å²) in [7, 11) is 0. The molecule has 0 aromatic carbocycles. The minimum atomic E-state index is 0.187. The summed E-state index contributed by atoms with van der Waals surface area (Å²) in [6.45, 7) is 11.0. The Balaban J connectivity index is 3.06. The molecule has 0 rings (SSSR count). The highest BCUT2D eigenvalue weighted by Crippen LogP contribution is 1.99. The van der Waals surface area contributed by atoms with Gasteiger partial charge in [-0.3, -0.25) is 0 Å². The summed E-state index contributed by atoms with van der Waals surface area (Å²) in [5, 5.41) is 0. The number of ether oxygens (including phenoxy) is 1. The Morgan fingerprint density at radius 1 is 1.44 bits per heavy atom. The molecule has 0 saturated heterocycles. The van der Waals surface area contributed by atoms with Gasteiger partial charge in [-0.25, -0.2) is 0 Å². The Hall–Kier alpha value is -0.0400. The van der Waals surface area contributed by atoms with Crippen molar-refractivity contribution in [2.75, 3.05) is 6.61 Å². The second kappa shape index (κ2) is 4.80. The van der Waals surface area contributed by atoms with Gasteiger partial charge in [0, 0.05) is 6.61 Å². The van der Waals surface area contributed by atoms with Crippen LogP contribution < -0.4 is 0 Å². The topological polar surface area (TPSA) is 9.23 Å². The maximum absolute atomic E-state index is 5.34. The average molecular weight is 129 g/mol. The van der Waals surface area contributed by atoms with Crippen LogP contribution >= 0.6 is 0 Å². The maximum atomic E-state index is 5.34. The van der Waals surface area contributed by atoms with E-state index in [0.717, 1.165) is 13.0 Å². The van der Waals surface area contributed by atoms with E-state index in [0.29, 0.717) is 5.92 Å². The van der Waals surface area contributed by atoms with Crippen molar-refractivity contribution >= 4 is 0 Å². The largest absolute Gasteiger partial charge is 0.378 e. The first kappa shape index (κ1) is 8.96. The quantitative estimate of drug-likeness (QED) is 0.565. The van der Waals surface area contributed by atoms with E-state index in [1.54, 1.807) is 0 Å². The molecule has 0 saturated carbocycles. The molecule has 1 heteroatoms. The van der Waals surface area contributed by atoms with Crippen LogP contribution in [0.2, 0.25) is 0 Å². The zero-order valence-electron chi connectivity index (χ0n) is 6.68. The van der Waals surface area contributed by atoms with Crippen LogP contribution in [0.1, 0.15) is 27.2 Å². The monoisotopic (exact) mass is 129 g/mol. The molecule has 1 atom stereocenters.